The number of hydrogen-bond donors (Lipinski definition) is 1. The van der Waals surface area contributed by atoms with Crippen LogP contribution in [-0.2, 0) is 0 Å². The van der Waals surface area contributed by atoms with E-state index in [0.29, 0.717) is 16.3 Å². The molecule has 0 saturated carbocycles. The molecule has 1 aromatic heterocycles. The standard InChI is InChI=1S/C12H10ClNO3/c1-7(2)10-11(15)14(12(16)17-10)9-5-3-8(13)4-6-9/h3-6,15H,1H2,2H3. The Morgan fingerprint density at radius 1 is 1.41 bits per heavy atom. The molecule has 0 fully saturated rings. The Morgan fingerprint density at radius 2 is 2.00 bits per heavy atom. The van der Waals surface area contributed by atoms with Gasteiger partial charge in [0.1, 0.15) is 0 Å². The number of aromatic hydroxyl groups is 1. The van der Waals surface area contributed by atoms with Gasteiger partial charge in [0.15, 0.2) is 5.76 Å². The summed E-state index contributed by atoms with van der Waals surface area (Å²) in [7, 11) is 0. The predicted octanol–water partition coefficient (Wildman–Crippen LogP) is 2.82. The zero-order valence-corrected chi connectivity index (χ0v) is 9.86. The van der Waals surface area contributed by atoms with Crippen molar-refractivity contribution in [2.24, 2.45) is 0 Å². The van der Waals surface area contributed by atoms with Gasteiger partial charge >= 0.3 is 5.76 Å². The van der Waals surface area contributed by atoms with E-state index in [1.54, 1.807) is 31.2 Å². The average molecular weight is 252 g/mol. The van der Waals surface area contributed by atoms with Crippen LogP contribution in [0.1, 0.15) is 12.7 Å². The van der Waals surface area contributed by atoms with Gasteiger partial charge in [0, 0.05) is 5.02 Å². The Balaban J connectivity index is 2.64. The molecule has 88 valence electrons. The molecular formula is C12H10ClNO3. The van der Waals surface area contributed by atoms with E-state index < -0.39 is 5.76 Å². The molecule has 0 aliphatic carbocycles. The molecule has 5 heteroatoms. The molecule has 4 nitrogen and oxygen atoms in total. The summed E-state index contributed by atoms with van der Waals surface area (Å²) in [6.07, 6.45) is 0. The first-order valence-corrected chi connectivity index (χ1v) is 5.25. The Labute approximate surface area is 102 Å². The smallest absolute Gasteiger partial charge is 0.427 e. The Bertz CT molecular complexity index is 622. The van der Waals surface area contributed by atoms with Crippen molar-refractivity contribution in [1.82, 2.24) is 4.57 Å². The molecule has 1 aromatic carbocycles. The molecule has 0 unspecified atom stereocenters. The van der Waals surface area contributed by atoms with Gasteiger partial charge in [-0.3, -0.25) is 0 Å². The van der Waals surface area contributed by atoms with E-state index in [1.807, 2.05) is 0 Å². The van der Waals surface area contributed by atoms with Gasteiger partial charge in [-0.1, -0.05) is 18.2 Å². The fraction of sp³-hybridized carbons (Fsp3) is 0.0833. The van der Waals surface area contributed by atoms with Crippen LogP contribution in [0.15, 0.2) is 40.1 Å². The van der Waals surface area contributed by atoms with Crippen molar-refractivity contribution in [1.29, 1.82) is 0 Å². The lowest BCUT2D eigenvalue weighted by atomic mass is 10.2. The van der Waals surface area contributed by atoms with E-state index in [1.165, 1.54) is 0 Å². The highest BCUT2D eigenvalue weighted by atomic mass is 35.5. The molecule has 0 saturated heterocycles. The first-order valence-electron chi connectivity index (χ1n) is 4.87. The molecular weight excluding hydrogens is 242 g/mol. The molecule has 1 N–H and O–H groups in total. The van der Waals surface area contributed by atoms with Gasteiger partial charge in [-0.2, -0.15) is 0 Å². The summed E-state index contributed by atoms with van der Waals surface area (Å²) >= 11 is 5.75. The second kappa shape index (κ2) is 4.14. The molecule has 0 radical (unpaired) electrons. The maximum absolute atomic E-state index is 11.6. The Kier molecular flexibility index (Phi) is 2.81. The second-order valence-corrected chi connectivity index (χ2v) is 4.05. The van der Waals surface area contributed by atoms with Gasteiger partial charge in [-0.25, -0.2) is 9.36 Å². The van der Waals surface area contributed by atoms with Gasteiger partial charge in [0.05, 0.1) is 5.69 Å². The molecule has 0 amide bonds. The molecule has 17 heavy (non-hydrogen) atoms. The maximum Gasteiger partial charge on any atom is 0.427 e. The summed E-state index contributed by atoms with van der Waals surface area (Å²) in [6.45, 7) is 5.26. The minimum absolute atomic E-state index is 0.0879. The van der Waals surface area contributed by atoms with Crippen LogP contribution in [0.3, 0.4) is 0 Å². The van der Waals surface area contributed by atoms with E-state index in [2.05, 4.69) is 6.58 Å². The second-order valence-electron chi connectivity index (χ2n) is 3.61. The number of aromatic nitrogens is 1. The van der Waals surface area contributed by atoms with Gasteiger partial charge in [0.25, 0.3) is 0 Å². The van der Waals surface area contributed by atoms with E-state index in [9.17, 15) is 9.90 Å². The summed E-state index contributed by atoms with van der Waals surface area (Å²) in [5.74, 6) is -0.836. The lowest BCUT2D eigenvalue weighted by Gasteiger charge is -2.01. The average Bonchev–Trinajstić information content (AvgIpc) is 2.56. The molecule has 1 heterocycles. The van der Waals surface area contributed by atoms with E-state index in [-0.39, 0.29) is 11.6 Å². The van der Waals surface area contributed by atoms with Gasteiger partial charge in [-0.05, 0) is 36.8 Å². The number of allylic oxidation sites excluding steroid dienone is 1. The zero-order valence-electron chi connectivity index (χ0n) is 9.11. The molecule has 0 atom stereocenters. The van der Waals surface area contributed by atoms with Gasteiger partial charge in [0.2, 0.25) is 5.88 Å². The number of oxazole rings is 1. The highest BCUT2D eigenvalue weighted by Crippen LogP contribution is 2.25. The summed E-state index contributed by atoms with van der Waals surface area (Å²) in [4.78, 5) is 11.6. The first-order chi connectivity index (χ1) is 8.00. The van der Waals surface area contributed by atoms with Crippen molar-refractivity contribution in [3.05, 3.63) is 52.2 Å². The molecule has 0 aliphatic heterocycles. The SMILES string of the molecule is C=C(C)c1oc(=O)n(-c2ccc(Cl)cc2)c1O. The third-order valence-electron chi connectivity index (χ3n) is 2.26. The Morgan fingerprint density at radius 3 is 2.47 bits per heavy atom. The highest BCUT2D eigenvalue weighted by Gasteiger charge is 2.17. The van der Waals surface area contributed by atoms with Crippen LogP contribution in [0.5, 0.6) is 5.88 Å². The lowest BCUT2D eigenvalue weighted by molar-refractivity contribution is 0.435. The molecule has 0 spiro atoms. The van der Waals surface area contributed by atoms with Crippen LogP contribution in [0.2, 0.25) is 5.02 Å². The maximum atomic E-state index is 11.6. The van der Waals surface area contributed by atoms with Crippen molar-refractivity contribution in [2.45, 2.75) is 6.92 Å². The third-order valence-corrected chi connectivity index (χ3v) is 2.51. The predicted molar refractivity (Wildman–Crippen MR) is 65.7 cm³/mol. The van der Waals surface area contributed by atoms with E-state index in [4.69, 9.17) is 16.0 Å². The van der Waals surface area contributed by atoms with Crippen molar-refractivity contribution >= 4 is 17.2 Å². The van der Waals surface area contributed by atoms with Crippen LogP contribution >= 0.6 is 11.6 Å². The van der Waals surface area contributed by atoms with Crippen LogP contribution in [0.4, 0.5) is 0 Å². The molecule has 2 rings (SSSR count). The first kappa shape index (κ1) is 11.5. The van der Waals surface area contributed by atoms with Crippen molar-refractivity contribution in [3.8, 4) is 11.6 Å². The minimum Gasteiger partial charge on any atom is -0.491 e. The van der Waals surface area contributed by atoms with Crippen molar-refractivity contribution in [2.75, 3.05) is 0 Å². The number of hydrogen-bond acceptors (Lipinski definition) is 3. The molecule has 2 aromatic rings. The number of benzene rings is 1. The summed E-state index contributed by atoms with van der Waals surface area (Å²) < 4.78 is 5.97. The molecule has 0 bridgehead atoms. The van der Waals surface area contributed by atoms with Crippen LogP contribution in [-0.4, -0.2) is 9.67 Å². The monoisotopic (exact) mass is 251 g/mol. The van der Waals surface area contributed by atoms with Crippen LogP contribution < -0.4 is 5.76 Å². The molecule has 0 aliphatic rings. The zero-order chi connectivity index (χ0) is 12.6. The summed E-state index contributed by atoms with van der Waals surface area (Å²) in [5, 5.41) is 10.4. The highest BCUT2D eigenvalue weighted by molar-refractivity contribution is 6.30. The van der Waals surface area contributed by atoms with Gasteiger partial charge in [-0.15, -0.1) is 0 Å². The topological polar surface area (TPSA) is 55.4 Å². The van der Waals surface area contributed by atoms with Crippen molar-refractivity contribution in [3.63, 3.8) is 0 Å². The normalized spacial score (nSPS) is 10.5. The summed E-state index contributed by atoms with van der Waals surface area (Å²) in [6, 6.07) is 6.47. The third kappa shape index (κ3) is 1.99. The Hall–Kier alpha value is -1.94. The summed E-state index contributed by atoms with van der Waals surface area (Å²) in [5.41, 5.74) is 0.959. The number of rotatable bonds is 2. The van der Waals surface area contributed by atoms with Gasteiger partial charge < -0.3 is 9.52 Å². The van der Waals surface area contributed by atoms with Crippen LogP contribution in [0.25, 0.3) is 11.3 Å². The number of nitrogens with zero attached hydrogens (tertiary/aromatic N) is 1. The largest absolute Gasteiger partial charge is 0.491 e. The lowest BCUT2D eigenvalue weighted by Crippen LogP contribution is -2.11. The fourth-order valence-electron chi connectivity index (χ4n) is 1.46. The number of halogens is 1. The minimum atomic E-state index is -0.664. The van der Waals surface area contributed by atoms with Crippen molar-refractivity contribution < 1.29 is 9.52 Å². The van der Waals surface area contributed by atoms with Crippen LogP contribution in [0, 0.1) is 0 Å². The fourth-order valence-corrected chi connectivity index (χ4v) is 1.59. The quantitative estimate of drug-likeness (QED) is 0.893. The van der Waals surface area contributed by atoms with E-state index in [0.717, 1.165) is 4.57 Å². The van der Waals surface area contributed by atoms with E-state index >= 15 is 0 Å².